The summed E-state index contributed by atoms with van der Waals surface area (Å²) in [4.78, 5) is 12.2. The lowest BCUT2D eigenvalue weighted by Crippen LogP contribution is -2.45. The topological polar surface area (TPSA) is 93.7 Å². The van der Waals surface area contributed by atoms with Crippen LogP contribution in [0.3, 0.4) is 0 Å². The van der Waals surface area contributed by atoms with Crippen molar-refractivity contribution in [1.82, 2.24) is 10.0 Å². The first-order chi connectivity index (χ1) is 13.8. The van der Waals surface area contributed by atoms with Crippen LogP contribution in [0, 0.1) is 0 Å². The Bertz CT molecular complexity index is 932. The molecule has 7 nitrogen and oxygen atoms in total. The van der Waals surface area contributed by atoms with Crippen molar-refractivity contribution in [2.45, 2.75) is 31.2 Å². The quantitative estimate of drug-likeness (QED) is 0.592. The summed E-state index contributed by atoms with van der Waals surface area (Å²) in [6.07, 6.45) is 0.615. The molecule has 1 amide bonds. The van der Waals surface area contributed by atoms with Crippen LogP contribution < -0.4 is 19.5 Å². The van der Waals surface area contributed by atoms with E-state index in [1.165, 1.54) is 25.1 Å². The van der Waals surface area contributed by atoms with Crippen molar-refractivity contribution in [3.63, 3.8) is 0 Å². The molecule has 0 aliphatic heterocycles. The third kappa shape index (κ3) is 6.62. The van der Waals surface area contributed by atoms with E-state index in [1.54, 1.807) is 14.0 Å². The average molecular weight is 441 g/mol. The first kappa shape index (κ1) is 23.0. The maximum Gasteiger partial charge on any atom is 0.241 e. The Morgan fingerprint density at radius 1 is 1.17 bits per heavy atom. The maximum absolute atomic E-state index is 12.5. The molecule has 2 aromatic carbocycles. The molecule has 158 valence electrons. The number of hydrogen-bond donors (Lipinski definition) is 2. The second-order valence-corrected chi connectivity index (χ2v) is 8.38. The third-order valence-corrected chi connectivity index (χ3v) is 5.94. The van der Waals surface area contributed by atoms with Gasteiger partial charge >= 0.3 is 0 Å². The van der Waals surface area contributed by atoms with Crippen molar-refractivity contribution >= 4 is 27.5 Å². The molecule has 0 bridgehead atoms. The Morgan fingerprint density at radius 2 is 1.86 bits per heavy atom. The number of carbonyl (C=O) groups is 1. The first-order valence-corrected chi connectivity index (χ1v) is 11.0. The number of carbonyl (C=O) groups excluding carboxylic acids is 1. The number of ether oxygens (including phenoxy) is 2. The summed E-state index contributed by atoms with van der Waals surface area (Å²) in [5.74, 6) is 0.742. The molecule has 1 atom stereocenters. The van der Waals surface area contributed by atoms with Gasteiger partial charge in [0.2, 0.25) is 15.9 Å². The van der Waals surface area contributed by atoms with Gasteiger partial charge in [0.05, 0.1) is 29.7 Å². The molecule has 0 aliphatic rings. The van der Waals surface area contributed by atoms with Crippen LogP contribution in [0.5, 0.6) is 11.5 Å². The molecule has 0 fully saturated rings. The van der Waals surface area contributed by atoms with Gasteiger partial charge in [0.25, 0.3) is 0 Å². The highest BCUT2D eigenvalue weighted by atomic mass is 35.5. The Morgan fingerprint density at radius 3 is 2.45 bits per heavy atom. The first-order valence-electron chi connectivity index (χ1n) is 9.12. The van der Waals surface area contributed by atoms with E-state index in [0.29, 0.717) is 25.3 Å². The molecule has 0 unspecified atom stereocenters. The highest BCUT2D eigenvalue weighted by Crippen LogP contribution is 2.27. The summed E-state index contributed by atoms with van der Waals surface area (Å²) in [5.41, 5.74) is 1.03. The Labute approximate surface area is 176 Å². The largest absolute Gasteiger partial charge is 0.497 e. The fourth-order valence-electron chi connectivity index (χ4n) is 2.55. The lowest BCUT2D eigenvalue weighted by atomic mass is 10.1. The molecule has 0 saturated heterocycles. The molecule has 9 heteroatoms. The second kappa shape index (κ2) is 10.5. The van der Waals surface area contributed by atoms with Gasteiger partial charge in [-0.1, -0.05) is 23.7 Å². The van der Waals surface area contributed by atoms with Crippen molar-refractivity contribution in [2.24, 2.45) is 0 Å². The van der Waals surface area contributed by atoms with Crippen molar-refractivity contribution in [1.29, 1.82) is 0 Å². The Balaban J connectivity index is 1.90. The fourth-order valence-corrected chi connectivity index (χ4v) is 4.08. The Kier molecular flexibility index (Phi) is 8.31. The van der Waals surface area contributed by atoms with Crippen LogP contribution in [0.25, 0.3) is 0 Å². The van der Waals surface area contributed by atoms with Crippen LogP contribution in [0.15, 0.2) is 47.4 Å². The molecular weight excluding hydrogens is 416 g/mol. The van der Waals surface area contributed by atoms with E-state index in [1.807, 2.05) is 24.3 Å². The van der Waals surface area contributed by atoms with E-state index in [4.69, 9.17) is 21.1 Å². The highest BCUT2D eigenvalue weighted by Gasteiger charge is 2.22. The van der Waals surface area contributed by atoms with E-state index in [9.17, 15) is 13.2 Å². The van der Waals surface area contributed by atoms with Crippen LogP contribution in [0.1, 0.15) is 19.4 Å². The summed E-state index contributed by atoms with van der Waals surface area (Å²) in [6.45, 7) is 4.08. The zero-order chi connectivity index (χ0) is 21.4. The number of rotatable bonds is 10. The molecule has 2 aromatic rings. The molecule has 2 rings (SSSR count). The van der Waals surface area contributed by atoms with E-state index >= 15 is 0 Å². The lowest BCUT2D eigenvalue weighted by Gasteiger charge is -2.15. The summed E-state index contributed by atoms with van der Waals surface area (Å²) in [5, 5.41) is 2.91. The summed E-state index contributed by atoms with van der Waals surface area (Å²) < 4.78 is 37.8. The smallest absolute Gasteiger partial charge is 0.241 e. The van der Waals surface area contributed by atoms with Crippen LogP contribution >= 0.6 is 11.6 Å². The number of amides is 1. The molecule has 0 saturated carbocycles. The molecule has 0 spiro atoms. The summed E-state index contributed by atoms with van der Waals surface area (Å²) >= 11 is 6.05. The van der Waals surface area contributed by atoms with Crippen LogP contribution in [-0.2, 0) is 21.2 Å². The molecule has 29 heavy (non-hydrogen) atoms. The van der Waals surface area contributed by atoms with Crippen molar-refractivity contribution in [2.75, 3.05) is 20.3 Å². The Hall–Kier alpha value is -2.29. The number of hydrogen-bond acceptors (Lipinski definition) is 5. The number of methoxy groups -OCH3 is 1. The van der Waals surface area contributed by atoms with Crippen LogP contribution in [0.2, 0.25) is 5.02 Å². The van der Waals surface area contributed by atoms with Gasteiger partial charge in [-0.15, -0.1) is 0 Å². The van der Waals surface area contributed by atoms with Gasteiger partial charge in [0.15, 0.2) is 0 Å². The van der Waals surface area contributed by atoms with Gasteiger partial charge in [-0.2, -0.15) is 4.72 Å². The number of nitrogens with one attached hydrogen (secondary N) is 2. The zero-order valence-electron chi connectivity index (χ0n) is 16.6. The molecule has 2 N–H and O–H groups in total. The predicted molar refractivity (Wildman–Crippen MR) is 112 cm³/mol. The fraction of sp³-hybridized carbons (Fsp3) is 0.350. The molecule has 0 aliphatic carbocycles. The normalized spacial score (nSPS) is 12.3. The number of halogens is 1. The molecule has 0 aromatic heterocycles. The van der Waals surface area contributed by atoms with Gasteiger partial charge in [-0.25, -0.2) is 8.42 Å². The summed E-state index contributed by atoms with van der Waals surface area (Å²) in [6, 6.07) is 10.7. The van der Waals surface area contributed by atoms with Gasteiger partial charge in [-0.05, 0) is 56.2 Å². The van der Waals surface area contributed by atoms with Crippen molar-refractivity contribution in [3.05, 3.63) is 53.1 Å². The monoisotopic (exact) mass is 440 g/mol. The van der Waals surface area contributed by atoms with Crippen LogP contribution in [0.4, 0.5) is 0 Å². The molecule has 0 heterocycles. The number of benzene rings is 2. The minimum Gasteiger partial charge on any atom is -0.497 e. The second-order valence-electron chi connectivity index (χ2n) is 6.26. The zero-order valence-corrected chi connectivity index (χ0v) is 18.1. The van der Waals surface area contributed by atoms with Crippen LogP contribution in [-0.4, -0.2) is 40.6 Å². The van der Waals surface area contributed by atoms with Gasteiger partial charge in [0.1, 0.15) is 11.5 Å². The average Bonchev–Trinajstić information content (AvgIpc) is 2.69. The minimum atomic E-state index is -3.91. The molecular formula is C20H25ClN2O5S. The standard InChI is InChI=1S/C20H25ClN2O5S/c1-4-28-19-10-9-17(13-18(19)21)29(25,26)23-14(2)20(24)22-12-11-15-5-7-16(27-3)8-6-15/h5-10,13-14,23H,4,11-12H2,1-3H3,(H,22,24)/t14-/m1/s1. The van der Waals surface area contributed by atoms with Gasteiger partial charge < -0.3 is 14.8 Å². The predicted octanol–water partition coefficient (Wildman–Crippen LogP) is 2.77. The van der Waals surface area contributed by atoms with E-state index in [2.05, 4.69) is 10.0 Å². The van der Waals surface area contributed by atoms with E-state index < -0.39 is 22.0 Å². The highest BCUT2D eigenvalue weighted by molar-refractivity contribution is 7.89. The van der Waals surface area contributed by atoms with E-state index in [-0.39, 0.29) is 9.92 Å². The molecule has 0 radical (unpaired) electrons. The maximum atomic E-state index is 12.5. The third-order valence-electron chi connectivity index (χ3n) is 4.11. The van der Waals surface area contributed by atoms with Crippen molar-refractivity contribution < 1.29 is 22.7 Å². The summed E-state index contributed by atoms with van der Waals surface area (Å²) in [7, 11) is -2.31. The van der Waals surface area contributed by atoms with E-state index in [0.717, 1.165) is 11.3 Å². The van der Waals surface area contributed by atoms with Gasteiger partial charge in [-0.3, -0.25) is 4.79 Å². The van der Waals surface area contributed by atoms with Crippen molar-refractivity contribution in [3.8, 4) is 11.5 Å². The SMILES string of the molecule is CCOc1ccc(S(=O)(=O)N[C@H](C)C(=O)NCCc2ccc(OC)cc2)cc1Cl. The lowest BCUT2D eigenvalue weighted by molar-refractivity contribution is -0.122. The minimum absolute atomic E-state index is 0.0381. The number of sulfonamides is 1. The van der Waals surface area contributed by atoms with Gasteiger partial charge in [0, 0.05) is 6.54 Å².